The molecule has 0 saturated heterocycles. The smallest absolute Gasteiger partial charge is 0.325 e. The minimum absolute atomic E-state index is 0.0462. The zero-order valence-electron chi connectivity index (χ0n) is 18.9. The van der Waals surface area contributed by atoms with Crippen LogP contribution in [0.4, 0.5) is 5.69 Å². The highest BCUT2D eigenvalue weighted by Gasteiger charge is 2.23. The summed E-state index contributed by atoms with van der Waals surface area (Å²) in [5.41, 5.74) is 2.81. The van der Waals surface area contributed by atoms with Gasteiger partial charge in [0, 0.05) is 25.5 Å². The number of pyridine rings is 1. The summed E-state index contributed by atoms with van der Waals surface area (Å²) >= 11 is 6.64. The molecule has 0 N–H and O–H groups in total. The van der Waals surface area contributed by atoms with Crippen LogP contribution in [0.25, 0.3) is 21.8 Å². The molecule has 1 aromatic heterocycles. The van der Waals surface area contributed by atoms with Crippen LogP contribution in [0.1, 0.15) is 39.2 Å². The Hall–Kier alpha value is -2.73. The Bertz CT molecular complexity index is 1200. The zero-order chi connectivity index (χ0) is 22.9. The standard InChI is InChI=1S/C24H29ClN2O4/c1-7-30-19-12-17(25)22(26(5)6)23-21(19)24(29)16-10-9-15(14(3)4)11-18(16)27(23)13-20(28)31-8-2/h9-12,14H,7-8,13H2,1-6H3. The van der Waals surface area contributed by atoms with Crippen molar-refractivity contribution in [1.82, 2.24) is 4.57 Å². The van der Waals surface area contributed by atoms with E-state index in [1.807, 2.05) is 48.7 Å². The van der Waals surface area contributed by atoms with E-state index in [1.165, 1.54) is 0 Å². The summed E-state index contributed by atoms with van der Waals surface area (Å²) in [4.78, 5) is 28.1. The molecule has 0 bridgehead atoms. The van der Waals surface area contributed by atoms with Gasteiger partial charge < -0.3 is 18.9 Å². The normalized spacial score (nSPS) is 11.4. The first-order chi connectivity index (χ1) is 14.7. The largest absolute Gasteiger partial charge is 0.493 e. The second-order valence-corrected chi connectivity index (χ2v) is 8.31. The third-order valence-corrected chi connectivity index (χ3v) is 5.54. The summed E-state index contributed by atoms with van der Waals surface area (Å²) in [5.74, 6) is 0.287. The van der Waals surface area contributed by atoms with E-state index in [0.717, 1.165) is 5.56 Å². The van der Waals surface area contributed by atoms with Gasteiger partial charge in [-0.05, 0) is 37.5 Å². The van der Waals surface area contributed by atoms with Gasteiger partial charge in [0.05, 0.1) is 40.3 Å². The number of esters is 1. The lowest BCUT2D eigenvalue weighted by molar-refractivity contribution is -0.143. The van der Waals surface area contributed by atoms with Crippen molar-refractivity contribution in [1.29, 1.82) is 0 Å². The second kappa shape index (κ2) is 9.18. The molecule has 0 saturated carbocycles. The Morgan fingerprint density at radius 1 is 1.16 bits per heavy atom. The van der Waals surface area contributed by atoms with Crippen molar-refractivity contribution in [3.05, 3.63) is 45.1 Å². The molecule has 0 amide bonds. The lowest BCUT2D eigenvalue weighted by Crippen LogP contribution is -2.21. The molecule has 0 aliphatic rings. The predicted molar refractivity (Wildman–Crippen MR) is 127 cm³/mol. The van der Waals surface area contributed by atoms with E-state index < -0.39 is 0 Å². The summed E-state index contributed by atoms with van der Waals surface area (Å²) in [6.07, 6.45) is 0. The average molecular weight is 445 g/mol. The number of nitrogens with zero attached hydrogens (tertiary/aromatic N) is 2. The number of hydrogen-bond acceptors (Lipinski definition) is 5. The maximum absolute atomic E-state index is 13.6. The van der Waals surface area contributed by atoms with Gasteiger partial charge in [0.1, 0.15) is 12.3 Å². The predicted octanol–water partition coefficient (Wildman–Crippen LogP) is 4.96. The van der Waals surface area contributed by atoms with Gasteiger partial charge in [-0.3, -0.25) is 9.59 Å². The first-order valence-electron chi connectivity index (χ1n) is 10.5. The van der Waals surface area contributed by atoms with Crippen LogP contribution >= 0.6 is 11.6 Å². The van der Waals surface area contributed by atoms with Crippen molar-refractivity contribution in [3.8, 4) is 5.75 Å². The van der Waals surface area contributed by atoms with Gasteiger partial charge >= 0.3 is 5.97 Å². The minimum Gasteiger partial charge on any atom is -0.493 e. The quantitative estimate of drug-likeness (QED) is 0.380. The maximum atomic E-state index is 13.6. The van der Waals surface area contributed by atoms with Gasteiger partial charge in [-0.2, -0.15) is 0 Å². The number of hydrogen-bond donors (Lipinski definition) is 0. The van der Waals surface area contributed by atoms with E-state index in [9.17, 15) is 9.59 Å². The number of aromatic nitrogens is 1. The van der Waals surface area contributed by atoms with Crippen molar-refractivity contribution >= 4 is 45.1 Å². The molecule has 1 heterocycles. The van der Waals surface area contributed by atoms with Gasteiger partial charge in [0.15, 0.2) is 0 Å². The molecule has 0 atom stereocenters. The van der Waals surface area contributed by atoms with Crippen LogP contribution in [0.15, 0.2) is 29.1 Å². The summed E-state index contributed by atoms with van der Waals surface area (Å²) in [5, 5.41) is 1.37. The fraction of sp³-hybridized carbons (Fsp3) is 0.417. The summed E-state index contributed by atoms with van der Waals surface area (Å²) < 4.78 is 12.9. The van der Waals surface area contributed by atoms with Crippen LogP contribution in [0, 0.1) is 0 Å². The number of carbonyl (C=O) groups is 1. The first-order valence-corrected chi connectivity index (χ1v) is 10.9. The van der Waals surface area contributed by atoms with Gasteiger partial charge in [-0.1, -0.05) is 31.5 Å². The van der Waals surface area contributed by atoms with Gasteiger partial charge in [0.25, 0.3) is 0 Å². The number of halogens is 1. The van der Waals surface area contributed by atoms with Crippen molar-refractivity contribution < 1.29 is 14.3 Å². The average Bonchev–Trinajstić information content (AvgIpc) is 2.70. The molecule has 166 valence electrons. The van der Waals surface area contributed by atoms with Crippen LogP contribution < -0.4 is 15.1 Å². The lowest BCUT2D eigenvalue weighted by Gasteiger charge is -2.24. The van der Waals surface area contributed by atoms with Crippen LogP contribution in [0.2, 0.25) is 5.02 Å². The Labute approximate surface area is 187 Å². The molecular weight excluding hydrogens is 416 g/mol. The molecule has 2 aromatic carbocycles. The first kappa shape index (κ1) is 22.9. The fourth-order valence-corrected chi connectivity index (χ4v) is 4.22. The van der Waals surface area contributed by atoms with Crippen molar-refractivity contribution in [2.24, 2.45) is 0 Å². The molecule has 3 aromatic rings. The van der Waals surface area contributed by atoms with E-state index in [4.69, 9.17) is 21.1 Å². The molecule has 0 radical (unpaired) electrons. The zero-order valence-corrected chi connectivity index (χ0v) is 19.7. The van der Waals surface area contributed by atoms with E-state index in [1.54, 1.807) is 13.0 Å². The number of benzene rings is 2. The highest BCUT2D eigenvalue weighted by molar-refractivity contribution is 6.35. The molecule has 3 rings (SSSR count). The fourth-order valence-electron chi connectivity index (χ4n) is 3.86. The molecule has 0 fully saturated rings. The number of fused-ring (bicyclic) bond motifs is 2. The minimum atomic E-state index is -0.383. The Morgan fingerprint density at radius 3 is 2.45 bits per heavy atom. The third kappa shape index (κ3) is 4.22. The highest BCUT2D eigenvalue weighted by Crippen LogP contribution is 2.40. The molecular formula is C24H29ClN2O4. The van der Waals surface area contributed by atoms with Crippen molar-refractivity contribution in [2.45, 2.75) is 40.2 Å². The van der Waals surface area contributed by atoms with E-state index in [-0.39, 0.29) is 30.5 Å². The van der Waals surface area contributed by atoms with Gasteiger partial charge in [-0.15, -0.1) is 0 Å². The van der Waals surface area contributed by atoms with Gasteiger partial charge in [0.2, 0.25) is 5.43 Å². The topological polar surface area (TPSA) is 60.8 Å². The number of carbonyl (C=O) groups excluding carboxylic acids is 1. The molecule has 0 spiro atoms. The summed E-state index contributed by atoms with van der Waals surface area (Å²) in [7, 11) is 3.71. The SMILES string of the molecule is CCOC(=O)Cn1c2cc(C(C)C)ccc2c(=O)c2c(OCC)cc(Cl)c(N(C)C)c21. The van der Waals surface area contributed by atoms with E-state index in [0.29, 0.717) is 44.9 Å². The van der Waals surface area contributed by atoms with Crippen LogP contribution in [0.3, 0.4) is 0 Å². The molecule has 6 nitrogen and oxygen atoms in total. The molecule has 0 aliphatic heterocycles. The van der Waals surface area contributed by atoms with Crippen LogP contribution in [0.5, 0.6) is 5.75 Å². The summed E-state index contributed by atoms with van der Waals surface area (Å²) in [6.45, 7) is 8.41. The van der Waals surface area contributed by atoms with E-state index >= 15 is 0 Å². The van der Waals surface area contributed by atoms with Crippen LogP contribution in [-0.2, 0) is 16.1 Å². The lowest BCUT2D eigenvalue weighted by atomic mass is 9.99. The number of rotatable bonds is 7. The molecule has 0 unspecified atom stereocenters. The Morgan fingerprint density at radius 2 is 1.87 bits per heavy atom. The maximum Gasteiger partial charge on any atom is 0.325 e. The molecule has 7 heteroatoms. The summed E-state index contributed by atoms with van der Waals surface area (Å²) in [6, 6.07) is 7.43. The second-order valence-electron chi connectivity index (χ2n) is 7.91. The van der Waals surface area contributed by atoms with Crippen LogP contribution in [-0.4, -0.2) is 37.8 Å². The Kier molecular flexibility index (Phi) is 6.80. The monoisotopic (exact) mass is 444 g/mol. The van der Waals surface area contributed by atoms with Gasteiger partial charge in [-0.25, -0.2) is 0 Å². The number of ether oxygens (including phenoxy) is 2. The van der Waals surface area contributed by atoms with Crippen molar-refractivity contribution in [3.63, 3.8) is 0 Å². The molecule has 0 aliphatic carbocycles. The van der Waals surface area contributed by atoms with E-state index in [2.05, 4.69) is 13.8 Å². The third-order valence-electron chi connectivity index (χ3n) is 5.25. The van der Waals surface area contributed by atoms with Crippen molar-refractivity contribution in [2.75, 3.05) is 32.2 Å². The highest BCUT2D eigenvalue weighted by atomic mass is 35.5. The molecule has 31 heavy (non-hydrogen) atoms. The number of anilines is 1. The Balaban J connectivity index is 2.59.